The number of nitrogens with two attached hydrogens (primary N) is 5. The largest absolute Gasteiger partial charge is 0.481 e. The van der Waals surface area contributed by atoms with Gasteiger partial charge in [0.1, 0.15) is 18.1 Å². The van der Waals surface area contributed by atoms with Crippen molar-refractivity contribution in [3.63, 3.8) is 0 Å². The number of amides is 3. The van der Waals surface area contributed by atoms with Gasteiger partial charge in [-0.3, -0.25) is 19.2 Å². The van der Waals surface area contributed by atoms with Crippen LogP contribution in [-0.2, 0) is 24.0 Å². The van der Waals surface area contributed by atoms with E-state index in [1.807, 2.05) is 0 Å². The van der Waals surface area contributed by atoms with Gasteiger partial charge >= 0.3 is 5.97 Å². The number of carboxylic acids is 2. The molecule has 0 saturated heterocycles. The highest BCUT2D eigenvalue weighted by atomic mass is 16.4. The molecule has 0 aliphatic carbocycles. The standard InChI is InChI=1S/C24H50N8O5.C2H4O2/c25-13-5-1-9-17(29)21(33)30-18(10-2-6-14-26)22(34)31-19(11-3-7-15-27)23(35)32-20(24(36)37)12-4-8-16-28;1-2(3)4/h17-20H,1-16,25-29H2,(H,30,33)(H,31,34)(H,32,35)(H,36,37);1H3,(H,3,4)/t17-,18-,19-,20-;/m0./s1. The SMILES string of the molecule is CC(=O)O.NCCCC[C@H](NC(=O)[C@H](CCCCN)NC(=O)[C@H](CCCCN)NC(=O)[C@@H](N)CCCCN)C(=O)O. The van der Waals surface area contributed by atoms with Crippen LogP contribution in [-0.4, -0.2) is 90.2 Å². The van der Waals surface area contributed by atoms with E-state index in [-0.39, 0.29) is 12.8 Å². The van der Waals surface area contributed by atoms with E-state index < -0.39 is 53.8 Å². The van der Waals surface area contributed by atoms with Gasteiger partial charge in [0.25, 0.3) is 5.97 Å². The molecular weight excluding hydrogens is 536 g/mol. The van der Waals surface area contributed by atoms with Crippen molar-refractivity contribution in [2.24, 2.45) is 28.7 Å². The quantitative estimate of drug-likeness (QED) is 0.0606. The number of aliphatic carboxylic acids is 2. The number of carboxylic acid groups (broad SMARTS) is 2. The van der Waals surface area contributed by atoms with Crippen LogP contribution in [0, 0.1) is 0 Å². The first-order chi connectivity index (χ1) is 19.4. The second-order valence-electron chi connectivity index (χ2n) is 9.79. The van der Waals surface area contributed by atoms with Crippen molar-refractivity contribution in [2.45, 2.75) is 108 Å². The fourth-order valence-corrected chi connectivity index (χ4v) is 3.74. The van der Waals surface area contributed by atoms with Crippen molar-refractivity contribution in [2.75, 3.05) is 26.2 Å². The van der Waals surface area contributed by atoms with Gasteiger partial charge in [0.2, 0.25) is 17.7 Å². The molecule has 240 valence electrons. The third-order valence-electron chi connectivity index (χ3n) is 6.03. The number of hydrogen-bond acceptors (Lipinski definition) is 10. The highest BCUT2D eigenvalue weighted by Crippen LogP contribution is 2.08. The van der Waals surface area contributed by atoms with Crippen LogP contribution in [0.5, 0.6) is 0 Å². The molecule has 4 atom stereocenters. The zero-order valence-electron chi connectivity index (χ0n) is 24.4. The maximum absolute atomic E-state index is 13.2. The van der Waals surface area contributed by atoms with Crippen LogP contribution in [0.3, 0.4) is 0 Å². The third kappa shape index (κ3) is 22.5. The second-order valence-corrected chi connectivity index (χ2v) is 9.79. The zero-order chi connectivity index (χ0) is 31.6. The maximum Gasteiger partial charge on any atom is 0.326 e. The van der Waals surface area contributed by atoms with Crippen molar-refractivity contribution in [3.8, 4) is 0 Å². The molecule has 0 aromatic carbocycles. The van der Waals surface area contributed by atoms with Crippen LogP contribution in [0.2, 0.25) is 0 Å². The Balaban J connectivity index is 0. The van der Waals surface area contributed by atoms with Crippen molar-refractivity contribution in [1.82, 2.24) is 16.0 Å². The van der Waals surface area contributed by atoms with E-state index in [9.17, 15) is 24.3 Å². The lowest BCUT2D eigenvalue weighted by atomic mass is 10.0. The van der Waals surface area contributed by atoms with Crippen molar-refractivity contribution in [1.29, 1.82) is 0 Å². The summed E-state index contributed by atoms with van der Waals surface area (Å²) in [7, 11) is 0. The molecule has 0 unspecified atom stereocenters. The number of carbonyl (C=O) groups excluding carboxylic acids is 3. The Morgan fingerprint density at radius 1 is 0.537 bits per heavy atom. The van der Waals surface area contributed by atoms with E-state index in [1.54, 1.807) is 0 Å². The van der Waals surface area contributed by atoms with Crippen molar-refractivity contribution in [3.05, 3.63) is 0 Å². The highest BCUT2D eigenvalue weighted by molar-refractivity contribution is 5.94. The summed E-state index contributed by atoms with van der Waals surface area (Å²) in [6, 6.07) is -3.78. The molecule has 0 aliphatic heterocycles. The van der Waals surface area contributed by atoms with E-state index >= 15 is 0 Å². The topological polar surface area (TPSA) is 292 Å². The number of carbonyl (C=O) groups is 5. The van der Waals surface area contributed by atoms with E-state index in [1.165, 1.54) is 0 Å². The molecule has 0 aliphatic rings. The van der Waals surface area contributed by atoms with Crippen LogP contribution in [0.25, 0.3) is 0 Å². The first kappa shape index (κ1) is 40.3. The molecule has 15 nitrogen and oxygen atoms in total. The van der Waals surface area contributed by atoms with Crippen LogP contribution in [0.4, 0.5) is 0 Å². The smallest absolute Gasteiger partial charge is 0.326 e. The summed E-state index contributed by atoms with van der Waals surface area (Å²) in [6.45, 7) is 2.86. The Bertz CT molecular complexity index is 753. The average molecular weight is 591 g/mol. The van der Waals surface area contributed by atoms with Crippen LogP contribution in [0.1, 0.15) is 84.0 Å². The lowest BCUT2D eigenvalue weighted by Crippen LogP contribution is -2.57. The molecule has 3 amide bonds. The molecule has 0 radical (unpaired) electrons. The van der Waals surface area contributed by atoms with Crippen molar-refractivity contribution >= 4 is 29.7 Å². The minimum atomic E-state index is -1.16. The van der Waals surface area contributed by atoms with Gasteiger partial charge in [-0.15, -0.1) is 0 Å². The third-order valence-corrected chi connectivity index (χ3v) is 6.03. The van der Waals surface area contributed by atoms with Crippen LogP contribution >= 0.6 is 0 Å². The molecule has 0 saturated carbocycles. The summed E-state index contributed by atoms with van der Waals surface area (Å²) in [5.41, 5.74) is 28.1. The molecule has 0 rings (SSSR count). The second kappa shape index (κ2) is 26.1. The van der Waals surface area contributed by atoms with Crippen LogP contribution in [0.15, 0.2) is 0 Å². The van der Waals surface area contributed by atoms with Gasteiger partial charge in [-0.05, 0) is 96.8 Å². The lowest BCUT2D eigenvalue weighted by molar-refractivity contribution is -0.142. The molecule has 0 aromatic rings. The summed E-state index contributed by atoms with van der Waals surface area (Å²) in [4.78, 5) is 59.4. The van der Waals surface area contributed by atoms with Gasteiger partial charge in [0.05, 0.1) is 6.04 Å². The van der Waals surface area contributed by atoms with Gasteiger partial charge in [0.15, 0.2) is 0 Å². The summed E-state index contributed by atoms with van der Waals surface area (Å²) in [5, 5.41) is 24.9. The lowest BCUT2D eigenvalue weighted by Gasteiger charge is -2.25. The summed E-state index contributed by atoms with van der Waals surface area (Å²) in [6.07, 6.45) is 6.28. The van der Waals surface area contributed by atoms with Gasteiger partial charge in [-0.25, -0.2) is 4.79 Å². The molecule has 41 heavy (non-hydrogen) atoms. The Morgan fingerprint density at radius 2 is 0.829 bits per heavy atom. The normalized spacial score (nSPS) is 13.5. The molecule has 0 fully saturated rings. The predicted molar refractivity (Wildman–Crippen MR) is 156 cm³/mol. The van der Waals surface area contributed by atoms with E-state index in [4.69, 9.17) is 38.6 Å². The van der Waals surface area contributed by atoms with E-state index in [2.05, 4.69) is 16.0 Å². The Morgan fingerprint density at radius 3 is 1.17 bits per heavy atom. The molecule has 0 aromatic heterocycles. The first-order valence-electron chi connectivity index (χ1n) is 14.3. The molecule has 15 N–H and O–H groups in total. The Labute approximate surface area is 243 Å². The van der Waals surface area contributed by atoms with Gasteiger partial charge in [0, 0.05) is 6.92 Å². The fourth-order valence-electron chi connectivity index (χ4n) is 3.74. The van der Waals surface area contributed by atoms with Gasteiger partial charge < -0.3 is 54.8 Å². The molecule has 15 heteroatoms. The van der Waals surface area contributed by atoms with E-state index in [0.29, 0.717) is 84.0 Å². The predicted octanol–water partition coefficient (Wildman–Crippen LogP) is -1.54. The number of hydrogen-bond donors (Lipinski definition) is 10. The number of nitrogens with one attached hydrogen (secondary N) is 3. The highest BCUT2D eigenvalue weighted by Gasteiger charge is 2.29. The summed E-state index contributed by atoms with van der Waals surface area (Å²) >= 11 is 0. The summed E-state index contributed by atoms with van der Waals surface area (Å²) < 4.78 is 0. The minimum Gasteiger partial charge on any atom is -0.481 e. The first-order valence-corrected chi connectivity index (χ1v) is 14.3. The number of unbranched alkanes of at least 4 members (excludes halogenated alkanes) is 4. The van der Waals surface area contributed by atoms with Gasteiger partial charge in [-0.2, -0.15) is 0 Å². The molecule has 0 bridgehead atoms. The van der Waals surface area contributed by atoms with Gasteiger partial charge in [-0.1, -0.05) is 6.42 Å². The molecule has 0 spiro atoms. The number of rotatable bonds is 23. The minimum absolute atomic E-state index is 0.224. The Hall–Kier alpha value is -2.85. The zero-order valence-corrected chi connectivity index (χ0v) is 24.4. The fraction of sp³-hybridized carbons (Fsp3) is 0.808. The van der Waals surface area contributed by atoms with E-state index in [0.717, 1.165) is 13.3 Å². The summed E-state index contributed by atoms with van der Waals surface area (Å²) in [5.74, 6) is -3.59. The molecular formula is C26H54N8O7. The Kier molecular flexibility index (Phi) is 25.6. The van der Waals surface area contributed by atoms with Crippen LogP contribution < -0.4 is 44.6 Å². The van der Waals surface area contributed by atoms with Crippen molar-refractivity contribution < 1.29 is 34.2 Å². The average Bonchev–Trinajstić information content (AvgIpc) is 2.91. The molecule has 0 heterocycles. The maximum atomic E-state index is 13.2. The monoisotopic (exact) mass is 590 g/mol.